The fourth-order valence-corrected chi connectivity index (χ4v) is 10.6. The zero-order valence-electron chi connectivity index (χ0n) is 38.2. The van der Waals surface area contributed by atoms with Gasteiger partial charge in [0, 0.05) is 43.4 Å². The topological polar surface area (TPSA) is 75.3 Å². The number of aromatic nitrogens is 4. The summed E-state index contributed by atoms with van der Waals surface area (Å²) in [5.41, 5.74) is 18.3. The molecule has 6 heteroatoms. The van der Waals surface area contributed by atoms with Crippen LogP contribution in [0.25, 0.3) is 105 Å². The van der Waals surface area contributed by atoms with Crippen LogP contribution >= 0.6 is 0 Å². The van der Waals surface area contributed by atoms with Gasteiger partial charge in [0.15, 0.2) is 5.82 Å². The second-order valence-corrected chi connectivity index (χ2v) is 18.3. The molecule has 318 valence electrons. The van der Waals surface area contributed by atoms with E-state index in [9.17, 15) is 10.5 Å². The van der Waals surface area contributed by atoms with Crippen molar-refractivity contribution in [3.8, 4) is 51.7 Å². The number of hydrogen-bond donors (Lipinski definition) is 0. The van der Waals surface area contributed by atoms with Crippen LogP contribution in [0, 0.1) is 64.2 Å². The van der Waals surface area contributed by atoms with Gasteiger partial charge in [0.2, 0.25) is 0 Å². The van der Waals surface area contributed by atoms with E-state index < -0.39 is 0 Å². The molecule has 67 heavy (non-hydrogen) atoms. The van der Waals surface area contributed by atoms with E-state index in [1.54, 1.807) is 6.07 Å². The fraction of sp³-hybridized carbons (Fsp3) is 0.0984. The lowest BCUT2D eigenvalue weighted by Crippen LogP contribution is -2.13. The second kappa shape index (κ2) is 14.9. The van der Waals surface area contributed by atoms with Gasteiger partial charge in [0.1, 0.15) is 18.0 Å². The number of pyridine rings is 1. The highest BCUT2D eigenvalue weighted by Crippen LogP contribution is 2.49. The smallest absolute Gasteiger partial charge is 0.165 e. The summed E-state index contributed by atoms with van der Waals surface area (Å²) >= 11 is 0. The Kier molecular flexibility index (Phi) is 8.88. The molecule has 0 fully saturated rings. The van der Waals surface area contributed by atoms with Gasteiger partial charge in [-0.3, -0.25) is 9.13 Å². The molecule has 4 aromatic heterocycles. The average Bonchev–Trinajstić information content (AvgIpc) is 3.94. The Morgan fingerprint density at radius 3 is 1.10 bits per heavy atom. The van der Waals surface area contributed by atoms with Crippen LogP contribution in [-0.4, -0.2) is 18.7 Å². The van der Waals surface area contributed by atoms with Crippen LogP contribution in [0.3, 0.4) is 0 Å². The van der Waals surface area contributed by atoms with Crippen LogP contribution in [0.2, 0.25) is 0 Å². The van der Waals surface area contributed by atoms with Gasteiger partial charge in [-0.05, 0) is 138 Å². The molecule has 12 aromatic rings. The number of nitriles is 2. The monoisotopic (exact) mass is 860 g/mol. The van der Waals surface area contributed by atoms with Gasteiger partial charge >= 0.3 is 0 Å². The zero-order chi connectivity index (χ0) is 45.8. The Balaban J connectivity index is 1.42. The molecule has 6 nitrogen and oxygen atoms in total. The molecule has 0 unspecified atom stereocenters. The third-order valence-corrected chi connectivity index (χ3v) is 13.6. The first-order valence-electron chi connectivity index (χ1n) is 22.7. The van der Waals surface area contributed by atoms with E-state index in [2.05, 4.69) is 201 Å². The third-order valence-electron chi connectivity index (χ3n) is 13.6. The Morgan fingerprint density at radius 2 is 0.716 bits per heavy atom. The summed E-state index contributed by atoms with van der Waals surface area (Å²) < 4.78 is 7.11. The first kappa shape index (κ1) is 39.8. The Bertz CT molecular complexity index is 4000. The third kappa shape index (κ3) is 6.04. The molecule has 0 aliphatic rings. The van der Waals surface area contributed by atoms with Gasteiger partial charge in [-0.15, -0.1) is 0 Å². The summed E-state index contributed by atoms with van der Waals surface area (Å²) in [6.45, 7) is 12.9. The summed E-state index contributed by atoms with van der Waals surface area (Å²) in [5.74, 6) is 1.48. The largest absolute Gasteiger partial charge is 0.305 e. The van der Waals surface area contributed by atoms with E-state index >= 15 is 0 Å². The molecule has 0 spiro atoms. The molecule has 0 saturated heterocycles. The van der Waals surface area contributed by atoms with Gasteiger partial charge < -0.3 is 4.57 Å². The molecule has 4 heterocycles. The van der Waals surface area contributed by atoms with Crippen molar-refractivity contribution in [1.29, 1.82) is 10.5 Å². The van der Waals surface area contributed by atoms with Gasteiger partial charge in [-0.25, -0.2) is 4.98 Å². The second-order valence-electron chi connectivity index (χ2n) is 18.3. The van der Waals surface area contributed by atoms with E-state index in [0.717, 1.165) is 105 Å². The van der Waals surface area contributed by atoms with Gasteiger partial charge in [0.05, 0.1) is 49.9 Å². The minimum Gasteiger partial charge on any atom is -0.305 e. The first-order chi connectivity index (χ1) is 32.6. The minimum absolute atomic E-state index is 0.309. The maximum Gasteiger partial charge on any atom is 0.165 e. The van der Waals surface area contributed by atoms with Crippen LogP contribution < -0.4 is 0 Å². The molecule has 0 radical (unpaired) electrons. The number of benzene rings is 8. The quantitative estimate of drug-likeness (QED) is 0.173. The summed E-state index contributed by atoms with van der Waals surface area (Å²) in [6.07, 6.45) is 0. The highest BCUT2D eigenvalue weighted by Gasteiger charge is 2.31. The van der Waals surface area contributed by atoms with Crippen LogP contribution in [-0.2, 0) is 0 Å². The van der Waals surface area contributed by atoms with E-state index in [-0.39, 0.29) is 0 Å². The predicted octanol–water partition coefficient (Wildman–Crippen LogP) is 15.3. The first-order valence-corrected chi connectivity index (χ1v) is 22.7. The molecule has 0 saturated carbocycles. The Morgan fingerprint density at radius 1 is 0.343 bits per heavy atom. The van der Waals surface area contributed by atoms with E-state index in [0.29, 0.717) is 11.1 Å². The Hall–Kier alpha value is -8.71. The molecule has 0 amide bonds. The molecule has 0 aliphatic carbocycles. The normalized spacial score (nSPS) is 11.7. The summed E-state index contributed by atoms with van der Waals surface area (Å²) in [7, 11) is 0. The molecule has 0 aliphatic heterocycles. The van der Waals surface area contributed by atoms with Crippen molar-refractivity contribution in [3.63, 3.8) is 0 Å². The van der Waals surface area contributed by atoms with Crippen LogP contribution in [0.1, 0.15) is 44.5 Å². The summed E-state index contributed by atoms with van der Waals surface area (Å²) in [6, 6.07) is 61.1. The molecule has 0 atom stereocenters. The maximum absolute atomic E-state index is 10.7. The SMILES string of the molecule is Cc1ccc2c(c1)c1cc(C)ccc1n2-c1nc(-n2c3ccc(C)cc3c3cc(C)ccc32)c(-n2c3ccc(C)cc3c3cc(C)ccc32)c(-c2ccc(C#N)c(C#N)c2)c1-c1ccccc1. The number of rotatable bonds is 5. The predicted molar refractivity (Wildman–Crippen MR) is 276 cm³/mol. The molecule has 0 bridgehead atoms. The zero-order valence-corrected chi connectivity index (χ0v) is 38.2. The summed E-state index contributed by atoms with van der Waals surface area (Å²) in [5, 5.41) is 27.9. The van der Waals surface area contributed by atoms with E-state index in [1.807, 2.05) is 18.2 Å². The average molecular weight is 861 g/mol. The lowest BCUT2D eigenvalue weighted by molar-refractivity contribution is 0.986. The highest BCUT2D eigenvalue weighted by atomic mass is 15.2. The Labute approximate surface area is 388 Å². The van der Waals surface area contributed by atoms with Gasteiger partial charge in [-0.2, -0.15) is 10.5 Å². The van der Waals surface area contributed by atoms with Crippen molar-refractivity contribution in [3.05, 3.63) is 202 Å². The summed E-state index contributed by atoms with van der Waals surface area (Å²) in [4.78, 5) is 6.18. The number of aryl methyl sites for hydroxylation is 6. The fourth-order valence-electron chi connectivity index (χ4n) is 10.6. The number of nitrogens with zero attached hydrogens (tertiary/aromatic N) is 6. The van der Waals surface area contributed by atoms with Gasteiger partial charge in [-0.1, -0.05) is 106 Å². The van der Waals surface area contributed by atoms with E-state index in [4.69, 9.17) is 4.98 Å². The van der Waals surface area contributed by atoms with Crippen LogP contribution in [0.4, 0.5) is 0 Å². The van der Waals surface area contributed by atoms with Crippen molar-refractivity contribution in [2.24, 2.45) is 0 Å². The highest BCUT2D eigenvalue weighted by molar-refractivity contribution is 6.15. The van der Waals surface area contributed by atoms with Crippen molar-refractivity contribution in [2.45, 2.75) is 41.5 Å². The number of hydrogen-bond acceptors (Lipinski definition) is 3. The minimum atomic E-state index is 0.309. The standard InChI is InChI=1S/C61H44N6/c1-35-12-20-51-45(26-35)46-27-36(2)13-21-52(46)65(51)59-57(42-18-19-43(33-62)44(32-42)34-63)58(41-10-8-7-9-11-41)60(66-53-22-14-37(3)28-47(53)48-29-38(4)15-23-54(48)66)64-61(59)67-55-24-16-39(5)30-49(55)50-31-40(6)17-25-56(50)67/h7-32H,1-6H3. The van der Waals surface area contributed by atoms with Crippen molar-refractivity contribution in [2.75, 3.05) is 0 Å². The van der Waals surface area contributed by atoms with Crippen molar-refractivity contribution >= 4 is 65.4 Å². The number of fused-ring (bicyclic) bond motifs is 9. The molecule has 8 aromatic carbocycles. The molecular weight excluding hydrogens is 817 g/mol. The molecular formula is C61H44N6. The van der Waals surface area contributed by atoms with Gasteiger partial charge in [0.25, 0.3) is 0 Å². The lowest BCUT2D eigenvalue weighted by Gasteiger charge is -2.26. The van der Waals surface area contributed by atoms with Crippen molar-refractivity contribution < 1.29 is 0 Å². The maximum atomic E-state index is 10.7. The van der Waals surface area contributed by atoms with Crippen LogP contribution in [0.15, 0.2) is 158 Å². The molecule has 12 rings (SSSR count). The van der Waals surface area contributed by atoms with E-state index in [1.165, 1.54) is 33.4 Å². The lowest BCUT2D eigenvalue weighted by atomic mass is 9.91. The van der Waals surface area contributed by atoms with Crippen LogP contribution in [0.5, 0.6) is 0 Å². The van der Waals surface area contributed by atoms with Crippen molar-refractivity contribution in [1.82, 2.24) is 18.7 Å². The molecule has 0 N–H and O–H groups in total.